The van der Waals surface area contributed by atoms with Crippen molar-refractivity contribution in [3.8, 4) is 28.3 Å². The smallest absolute Gasteiger partial charge is 0.261 e. The minimum Gasteiger partial charge on any atom is -0.335 e. The van der Waals surface area contributed by atoms with Crippen LogP contribution in [0.3, 0.4) is 0 Å². The lowest BCUT2D eigenvalue weighted by molar-refractivity contribution is 0.0115. The fourth-order valence-electron chi connectivity index (χ4n) is 5.08. The van der Waals surface area contributed by atoms with Crippen LogP contribution in [-0.4, -0.2) is 63.6 Å². The molecule has 5 aromatic heterocycles. The predicted octanol–water partition coefficient (Wildman–Crippen LogP) is 4.90. The van der Waals surface area contributed by atoms with Gasteiger partial charge in [-0.05, 0) is 36.2 Å². The first-order chi connectivity index (χ1) is 18.4. The largest absolute Gasteiger partial charge is 0.335 e. The number of hydrogen-bond acceptors (Lipinski definition) is 6. The maximum atomic E-state index is 13.6. The second-order valence-corrected chi connectivity index (χ2v) is 9.79. The maximum absolute atomic E-state index is 13.6. The summed E-state index contributed by atoms with van der Waals surface area (Å²) in [6.07, 6.45) is 10.6. The van der Waals surface area contributed by atoms with E-state index in [1.54, 1.807) is 36.0 Å². The summed E-state index contributed by atoms with van der Waals surface area (Å²) in [7, 11) is 0. The number of benzene rings is 1. The molecule has 1 aliphatic rings. The number of rotatable bonds is 5. The SMILES string of the molecule is Cc1cn(-c2cncc3[nH]c(-c4n[nH]c5ccc(-c6cncc(CN7CCC(F)(F)C7)c6)cc45)nc23)cn1. The highest BCUT2D eigenvalue weighted by Crippen LogP contribution is 2.32. The number of nitrogens with one attached hydrogen (secondary N) is 2. The Morgan fingerprint density at radius 2 is 1.92 bits per heavy atom. The Bertz CT molecular complexity index is 1800. The number of likely N-dealkylation sites (tertiary alicyclic amines) is 1. The Morgan fingerprint density at radius 1 is 1.03 bits per heavy atom. The summed E-state index contributed by atoms with van der Waals surface area (Å²) in [5.41, 5.74) is 7.61. The zero-order valence-corrected chi connectivity index (χ0v) is 20.5. The number of alkyl halides is 2. The number of fused-ring (bicyclic) bond motifs is 2. The van der Waals surface area contributed by atoms with Gasteiger partial charge in [-0.2, -0.15) is 5.10 Å². The van der Waals surface area contributed by atoms with Crippen molar-refractivity contribution >= 4 is 21.9 Å². The van der Waals surface area contributed by atoms with E-state index in [0.717, 1.165) is 50.0 Å². The van der Waals surface area contributed by atoms with Crippen molar-refractivity contribution in [2.75, 3.05) is 13.1 Å². The van der Waals surface area contributed by atoms with Crippen molar-refractivity contribution in [3.63, 3.8) is 0 Å². The lowest BCUT2D eigenvalue weighted by atomic mass is 10.0. The standard InChI is InChI=1S/C27H23F2N9/c1-16-12-38(15-32-16)23-11-31-10-22-25(23)34-26(33-22)24-20-7-18(2-3-21(20)35-36-24)19-6-17(8-30-9-19)13-37-5-4-27(28,29)14-37/h2-3,6-12,15H,4-5,13-14H2,1H3,(H,33,34)(H,35,36). The Morgan fingerprint density at radius 3 is 2.74 bits per heavy atom. The van der Waals surface area contributed by atoms with Crippen LogP contribution in [0.5, 0.6) is 0 Å². The van der Waals surface area contributed by atoms with Crippen LogP contribution >= 0.6 is 0 Å². The zero-order valence-electron chi connectivity index (χ0n) is 20.5. The van der Waals surface area contributed by atoms with Gasteiger partial charge in [0, 0.05) is 49.1 Å². The number of imidazole rings is 2. The van der Waals surface area contributed by atoms with Crippen molar-refractivity contribution in [3.05, 3.63) is 72.8 Å². The van der Waals surface area contributed by atoms with E-state index in [4.69, 9.17) is 4.98 Å². The highest BCUT2D eigenvalue weighted by molar-refractivity contribution is 5.96. The second kappa shape index (κ2) is 8.52. The van der Waals surface area contributed by atoms with Gasteiger partial charge in [-0.25, -0.2) is 18.7 Å². The fourth-order valence-corrected chi connectivity index (χ4v) is 5.08. The van der Waals surface area contributed by atoms with Gasteiger partial charge in [0.2, 0.25) is 0 Å². The van der Waals surface area contributed by atoms with E-state index in [1.165, 1.54) is 0 Å². The molecule has 6 aromatic rings. The predicted molar refractivity (Wildman–Crippen MR) is 139 cm³/mol. The lowest BCUT2D eigenvalue weighted by Crippen LogP contribution is -2.24. The number of hydrogen-bond donors (Lipinski definition) is 2. The minimum absolute atomic E-state index is 0.0959. The summed E-state index contributed by atoms with van der Waals surface area (Å²) in [5.74, 6) is -1.99. The van der Waals surface area contributed by atoms with Crippen LogP contribution in [0.4, 0.5) is 8.78 Å². The molecule has 0 spiro atoms. The van der Waals surface area contributed by atoms with Crippen LogP contribution in [-0.2, 0) is 6.54 Å². The molecule has 2 N–H and O–H groups in total. The highest BCUT2D eigenvalue weighted by Gasteiger charge is 2.37. The van der Waals surface area contributed by atoms with Crippen LogP contribution < -0.4 is 0 Å². The van der Waals surface area contributed by atoms with Crippen molar-refractivity contribution in [2.45, 2.75) is 25.8 Å². The summed E-state index contributed by atoms with van der Waals surface area (Å²) < 4.78 is 29.2. The van der Waals surface area contributed by atoms with Gasteiger partial charge >= 0.3 is 0 Å². The zero-order chi connectivity index (χ0) is 25.9. The first kappa shape index (κ1) is 22.7. The molecular weight excluding hydrogens is 488 g/mol. The summed E-state index contributed by atoms with van der Waals surface area (Å²) in [5, 5.41) is 8.54. The van der Waals surface area contributed by atoms with E-state index in [1.807, 2.05) is 42.0 Å². The number of halogens is 2. The molecule has 7 rings (SSSR count). The van der Waals surface area contributed by atoms with Crippen LogP contribution in [0.1, 0.15) is 17.7 Å². The third-order valence-corrected chi connectivity index (χ3v) is 6.93. The molecule has 1 aliphatic heterocycles. The Balaban J connectivity index is 1.24. The molecule has 0 unspecified atom stereocenters. The van der Waals surface area contributed by atoms with Gasteiger partial charge in [-0.1, -0.05) is 6.07 Å². The maximum Gasteiger partial charge on any atom is 0.261 e. The molecule has 1 aromatic carbocycles. The number of H-pyrrole nitrogens is 2. The average Bonchev–Trinajstić information content (AvgIpc) is 3.69. The highest BCUT2D eigenvalue weighted by atomic mass is 19.3. The number of nitrogens with zero attached hydrogens (tertiary/aromatic N) is 7. The van der Waals surface area contributed by atoms with E-state index in [2.05, 4.69) is 30.1 Å². The van der Waals surface area contributed by atoms with Gasteiger partial charge in [0.25, 0.3) is 5.92 Å². The first-order valence-electron chi connectivity index (χ1n) is 12.3. The molecule has 38 heavy (non-hydrogen) atoms. The molecule has 9 nitrogen and oxygen atoms in total. The summed E-state index contributed by atoms with van der Waals surface area (Å²) >= 11 is 0. The molecule has 0 amide bonds. The number of aryl methyl sites for hydroxylation is 1. The molecule has 11 heteroatoms. The third-order valence-electron chi connectivity index (χ3n) is 6.93. The molecule has 0 saturated carbocycles. The van der Waals surface area contributed by atoms with E-state index in [0.29, 0.717) is 24.6 Å². The van der Waals surface area contributed by atoms with E-state index < -0.39 is 5.92 Å². The van der Waals surface area contributed by atoms with Gasteiger partial charge in [0.05, 0.1) is 47.7 Å². The second-order valence-electron chi connectivity index (χ2n) is 9.79. The quantitative estimate of drug-likeness (QED) is 0.341. The van der Waals surface area contributed by atoms with Crippen LogP contribution in [0.2, 0.25) is 0 Å². The third kappa shape index (κ3) is 4.01. The van der Waals surface area contributed by atoms with Gasteiger partial charge in [0.15, 0.2) is 5.82 Å². The van der Waals surface area contributed by atoms with Crippen molar-refractivity contribution in [1.29, 1.82) is 0 Å². The molecule has 0 bridgehead atoms. The Kier molecular flexibility index (Phi) is 5.08. The topological polar surface area (TPSA) is 104 Å². The van der Waals surface area contributed by atoms with Crippen molar-refractivity contribution < 1.29 is 8.78 Å². The number of aromatic nitrogens is 8. The normalized spacial score (nSPS) is 15.7. The number of pyridine rings is 2. The van der Waals surface area contributed by atoms with Crippen LogP contribution in [0.15, 0.2) is 61.6 Å². The van der Waals surface area contributed by atoms with E-state index >= 15 is 0 Å². The summed E-state index contributed by atoms with van der Waals surface area (Å²) in [6, 6.07) is 8.02. The van der Waals surface area contributed by atoms with Crippen LogP contribution in [0, 0.1) is 6.92 Å². The van der Waals surface area contributed by atoms with Gasteiger partial charge < -0.3 is 9.55 Å². The molecule has 0 aliphatic carbocycles. The van der Waals surface area contributed by atoms with Crippen LogP contribution in [0.25, 0.3) is 50.3 Å². The van der Waals surface area contributed by atoms with Gasteiger partial charge in [-0.15, -0.1) is 0 Å². The number of aromatic amines is 2. The minimum atomic E-state index is -2.61. The average molecular weight is 512 g/mol. The monoisotopic (exact) mass is 511 g/mol. The molecule has 6 heterocycles. The van der Waals surface area contributed by atoms with Gasteiger partial charge in [-0.3, -0.25) is 20.0 Å². The molecule has 1 saturated heterocycles. The fraction of sp³-hybridized carbons (Fsp3) is 0.222. The molecule has 190 valence electrons. The molecule has 1 fully saturated rings. The first-order valence-corrected chi connectivity index (χ1v) is 12.3. The summed E-state index contributed by atoms with van der Waals surface area (Å²) in [6.45, 7) is 2.55. The molecule has 0 atom stereocenters. The molecule has 0 radical (unpaired) electrons. The summed E-state index contributed by atoms with van der Waals surface area (Å²) in [4.78, 5) is 23.1. The lowest BCUT2D eigenvalue weighted by Gasteiger charge is -2.15. The van der Waals surface area contributed by atoms with E-state index in [-0.39, 0.29) is 13.0 Å². The van der Waals surface area contributed by atoms with Gasteiger partial charge in [0.1, 0.15) is 11.2 Å². The van der Waals surface area contributed by atoms with Crippen molar-refractivity contribution in [2.24, 2.45) is 0 Å². The molecular formula is C27H23F2N9. The Hall–Kier alpha value is -4.51. The van der Waals surface area contributed by atoms with Crippen molar-refractivity contribution in [1.82, 2.24) is 44.6 Å². The van der Waals surface area contributed by atoms with E-state index in [9.17, 15) is 8.78 Å². The Labute approximate surface area is 215 Å².